The van der Waals surface area contributed by atoms with Crippen molar-refractivity contribution in [3.05, 3.63) is 12.4 Å². The lowest BCUT2D eigenvalue weighted by Crippen LogP contribution is -2.58. The molecule has 7 nitrogen and oxygen atoms in total. The lowest BCUT2D eigenvalue weighted by atomic mass is 10.1. The highest BCUT2D eigenvalue weighted by Crippen LogP contribution is 2.17. The van der Waals surface area contributed by atoms with Gasteiger partial charge < -0.3 is 20.3 Å². The Morgan fingerprint density at radius 3 is 3.21 bits per heavy atom. The second-order valence-electron chi connectivity index (χ2n) is 4.23. The highest BCUT2D eigenvalue weighted by molar-refractivity contribution is 5.85. The van der Waals surface area contributed by atoms with Gasteiger partial charge in [-0.05, 0) is 6.92 Å². The Balaban J connectivity index is 2.20. The van der Waals surface area contributed by atoms with Crippen LogP contribution in [0.2, 0.25) is 0 Å². The minimum atomic E-state index is -0.268. The second kappa shape index (κ2) is 6.33. The number of carbonyl (C=O) groups excluding carboxylic acids is 1. The van der Waals surface area contributed by atoms with Crippen molar-refractivity contribution in [2.75, 3.05) is 38.2 Å². The smallest absolute Gasteiger partial charge is 0.244 e. The molecule has 104 valence electrons. The topological polar surface area (TPSA) is 79.4 Å². The van der Waals surface area contributed by atoms with Crippen LogP contribution in [0.4, 0.5) is 5.82 Å². The van der Waals surface area contributed by atoms with E-state index in [1.165, 1.54) is 0 Å². The van der Waals surface area contributed by atoms with E-state index in [9.17, 15) is 4.79 Å². The van der Waals surface area contributed by atoms with Gasteiger partial charge in [0.1, 0.15) is 6.04 Å². The van der Waals surface area contributed by atoms with E-state index < -0.39 is 0 Å². The molecule has 1 unspecified atom stereocenters. The maximum atomic E-state index is 12.1. The first-order chi connectivity index (χ1) is 9.26. The van der Waals surface area contributed by atoms with Gasteiger partial charge in [0.05, 0.1) is 19.5 Å². The summed E-state index contributed by atoms with van der Waals surface area (Å²) in [6, 6.07) is -0.268. The van der Waals surface area contributed by atoms with Crippen LogP contribution in [0, 0.1) is 0 Å². The number of anilines is 1. The number of rotatable bonds is 4. The molecule has 0 radical (unpaired) electrons. The molecule has 1 aromatic heterocycles. The molecule has 0 bridgehead atoms. The van der Waals surface area contributed by atoms with Crippen LogP contribution in [0.3, 0.4) is 0 Å². The first kappa shape index (κ1) is 13.5. The van der Waals surface area contributed by atoms with E-state index in [0.29, 0.717) is 31.3 Å². The van der Waals surface area contributed by atoms with Crippen molar-refractivity contribution >= 4 is 11.7 Å². The standard InChI is InChI=1S/C12H19N5O2/c1-3-15-12(18)9-6-13-4-5-17(9)10-7-14-8-11(16-10)19-2/h7-9,13H,3-6H2,1-2H3,(H,15,18). The molecule has 1 atom stereocenters. The Morgan fingerprint density at radius 1 is 1.63 bits per heavy atom. The first-order valence-corrected chi connectivity index (χ1v) is 6.37. The molecule has 0 aromatic carbocycles. The van der Waals surface area contributed by atoms with Crippen LogP contribution in [-0.2, 0) is 4.79 Å². The summed E-state index contributed by atoms with van der Waals surface area (Å²) in [6.07, 6.45) is 3.20. The van der Waals surface area contributed by atoms with Gasteiger partial charge in [0, 0.05) is 26.2 Å². The Hall–Kier alpha value is -1.89. The van der Waals surface area contributed by atoms with E-state index in [4.69, 9.17) is 4.74 Å². The summed E-state index contributed by atoms with van der Waals surface area (Å²) in [5.74, 6) is 1.11. The molecule has 2 N–H and O–H groups in total. The monoisotopic (exact) mass is 265 g/mol. The fraction of sp³-hybridized carbons (Fsp3) is 0.583. The number of hydrogen-bond donors (Lipinski definition) is 2. The second-order valence-corrected chi connectivity index (χ2v) is 4.23. The summed E-state index contributed by atoms with van der Waals surface area (Å²) in [6.45, 7) is 4.65. The number of likely N-dealkylation sites (N-methyl/N-ethyl adjacent to an activating group) is 1. The van der Waals surface area contributed by atoms with Gasteiger partial charge in [-0.2, -0.15) is 4.98 Å². The third-order valence-electron chi connectivity index (χ3n) is 3.00. The zero-order chi connectivity index (χ0) is 13.7. The molecule has 0 spiro atoms. The van der Waals surface area contributed by atoms with Crippen molar-refractivity contribution in [3.8, 4) is 5.88 Å². The molecule has 0 saturated carbocycles. The highest BCUT2D eigenvalue weighted by atomic mass is 16.5. The zero-order valence-corrected chi connectivity index (χ0v) is 11.2. The van der Waals surface area contributed by atoms with Gasteiger partial charge >= 0.3 is 0 Å². The quantitative estimate of drug-likeness (QED) is 0.757. The van der Waals surface area contributed by atoms with Gasteiger partial charge in [0.2, 0.25) is 11.8 Å². The van der Waals surface area contributed by atoms with Gasteiger partial charge in [-0.3, -0.25) is 9.78 Å². The normalized spacial score (nSPS) is 19.1. The number of amides is 1. The fourth-order valence-corrected chi connectivity index (χ4v) is 2.08. The summed E-state index contributed by atoms with van der Waals surface area (Å²) >= 11 is 0. The number of piperazine rings is 1. The molecule has 1 aliphatic heterocycles. The molecule has 0 aliphatic carbocycles. The summed E-state index contributed by atoms with van der Waals surface area (Å²) in [4.78, 5) is 22.4. The van der Waals surface area contributed by atoms with Crippen molar-refractivity contribution in [1.29, 1.82) is 0 Å². The van der Waals surface area contributed by atoms with E-state index in [0.717, 1.165) is 6.54 Å². The summed E-state index contributed by atoms with van der Waals surface area (Å²) < 4.78 is 5.07. The van der Waals surface area contributed by atoms with Crippen LogP contribution in [0.5, 0.6) is 5.88 Å². The minimum Gasteiger partial charge on any atom is -0.480 e. The highest BCUT2D eigenvalue weighted by Gasteiger charge is 2.29. The van der Waals surface area contributed by atoms with Crippen LogP contribution < -0.4 is 20.3 Å². The third-order valence-corrected chi connectivity index (χ3v) is 3.00. The van der Waals surface area contributed by atoms with E-state index >= 15 is 0 Å². The molecule has 1 aliphatic rings. The molecule has 1 aromatic rings. The Kier molecular flexibility index (Phi) is 4.51. The number of carbonyl (C=O) groups is 1. The van der Waals surface area contributed by atoms with E-state index in [-0.39, 0.29) is 11.9 Å². The SMILES string of the molecule is CCNC(=O)C1CNCCN1c1cncc(OC)n1. The van der Waals surface area contributed by atoms with E-state index in [2.05, 4.69) is 20.6 Å². The van der Waals surface area contributed by atoms with E-state index in [1.807, 2.05) is 11.8 Å². The minimum absolute atomic E-state index is 0.000630. The predicted molar refractivity (Wildman–Crippen MR) is 71.3 cm³/mol. The van der Waals surface area contributed by atoms with Crippen molar-refractivity contribution in [2.45, 2.75) is 13.0 Å². The average Bonchev–Trinajstić information content (AvgIpc) is 2.47. The molecule has 19 heavy (non-hydrogen) atoms. The van der Waals surface area contributed by atoms with Crippen molar-refractivity contribution in [3.63, 3.8) is 0 Å². The molecular weight excluding hydrogens is 246 g/mol. The number of nitrogens with zero attached hydrogens (tertiary/aromatic N) is 3. The Bertz CT molecular complexity index is 440. The predicted octanol–water partition coefficient (Wildman–Crippen LogP) is -0.600. The van der Waals surface area contributed by atoms with Crippen LogP contribution in [0.15, 0.2) is 12.4 Å². The number of hydrogen-bond acceptors (Lipinski definition) is 6. The maximum Gasteiger partial charge on any atom is 0.244 e. The summed E-state index contributed by atoms with van der Waals surface area (Å²) in [7, 11) is 1.55. The number of aromatic nitrogens is 2. The number of ether oxygens (including phenoxy) is 1. The largest absolute Gasteiger partial charge is 0.480 e. The van der Waals surface area contributed by atoms with E-state index in [1.54, 1.807) is 19.5 Å². The average molecular weight is 265 g/mol. The van der Waals surface area contributed by atoms with Gasteiger partial charge in [0.25, 0.3) is 0 Å². The number of nitrogens with one attached hydrogen (secondary N) is 2. The first-order valence-electron chi connectivity index (χ1n) is 6.37. The third kappa shape index (κ3) is 3.11. The van der Waals surface area contributed by atoms with Crippen molar-refractivity contribution < 1.29 is 9.53 Å². The molecule has 1 saturated heterocycles. The molecule has 2 rings (SSSR count). The molecule has 1 amide bonds. The molecule has 2 heterocycles. The molecule has 1 fully saturated rings. The van der Waals surface area contributed by atoms with Gasteiger partial charge in [-0.25, -0.2) is 0 Å². The Labute approximate surface area is 112 Å². The summed E-state index contributed by atoms with van der Waals surface area (Å²) in [5.41, 5.74) is 0. The molecule has 7 heteroatoms. The lowest BCUT2D eigenvalue weighted by Gasteiger charge is -2.35. The van der Waals surface area contributed by atoms with Gasteiger partial charge in [-0.15, -0.1) is 0 Å². The van der Waals surface area contributed by atoms with Crippen LogP contribution in [0.1, 0.15) is 6.92 Å². The Morgan fingerprint density at radius 2 is 2.47 bits per heavy atom. The maximum absolute atomic E-state index is 12.1. The fourth-order valence-electron chi connectivity index (χ4n) is 2.08. The van der Waals surface area contributed by atoms with Crippen LogP contribution >= 0.6 is 0 Å². The van der Waals surface area contributed by atoms with Crippen molar-refractivity contribution in [2.24, 2.45) is 0 Å². The molecular formula is C12H19N5O2. The number of methoxy groups -OCH3 is 1. The lowest BCUT2D eigenvalue weighted by molar-refractivity contribution is -0.122. The zero-order valence-electron chi connectivity index (χ0n) is 11.2. The van der Waals surface area contributed by atoms with Gasteiger partial charge in [0.15, 0.2) is 5.82 Å². The van der Waals surface area contributed by atoms with Crippen LogP contribution in [0.25, 0.3) is 0 Å². The van der Waals surface area contributed by atoms with Crippen molar-refractivity contribution in [1.82, 2.24) is 20.6 Å². The van der Waals surface area contributed by atoms with Crippen LogP contribution in [-0.4, -0.2) is 55.2 Å². The van der Waals surface area contributed by atoms with Gasteiger partial charge in [-0.1, -0.05) is 0 Å². The summed E-state index contributed by atoms with van der Waals surface area (Å²) in [5, 5.41) is 6.06.